The summed E-state index contributed by atoms with van der Waals surface area (Å²) < 4.78 is 9.58. The lowest BCUT2D eigenvalue weighted by Gasteiger charge is -2.23. The molecule has 0 aromatic carbocycles. The molecule has 0 heterocycles. The Kier molecular flexibility index (Phi) is 7.23. The van der Waals surface area contributed by atoms with Gasteiger partial charge in [-0.1, -0.05) is 15.9 Å². The smallest absolute Gasteiger partial charge is 0.408 e. The highest BCUT2D eigenvalue weighted by molar-refractivity contribution is 9.09. The molecule has 0 rings (SSSR count). The zero-order valence-corrected chi connectivity index (χ0v) is 12.6. The monoisotopic (exact) mass is 325 g/mol. The third-order valence-electron chi connectivity index (χ3n) is 1.86. The highest BCUT2D eigenvalue weighted by Gasteiger charge is 2.26. The van der Waals surface area contributed by atoms with Crippen LogP contribution in [0.15, 0.2) is 0 Å². The van der Waals surface area contributed by atoms with E-state index in [0.717, 1.165) is 0 Å². The Morgan fingerprint density at radius 1 is 1.39 bits per heavy atom. The van der Waals surface area contributed by atoms with Crippen LogP contribution in [-0.2, 0) is 14.3 Å². The second-order valence-corrected chi connectivity index (χ2v) is 5.41. The van der Waals surface area contributed by atoms with Gasteiger partial charge in [0.2, 0.25) is 0 Å². The number of rotatable bonds is 5. The van der Waals surface area contributed by atoms with Crippen LogP contribution in [0.1, 0.15) is 27.2 Å². The van der Waals surface area contributed by atoms with Gasteiger partial charge in [-0.2, -0.15) is 0 Å². The van der Waals surface area contributed by atoms with Gasteiger partial charge in [-0.15, -0.1) is 0 Å². The molecule has 0 aromatic rings. The molecule has 18 heavy (non-hydrogen) atoms. The predicted octanol–water partition coefficient (Wildman–Crippen LogP) is 1.20. The van der Waals surface area contributed by atoms with E-state index in [1.54, 1.807) is 20.8 Å². The number of hydrogen-bond acceptors (Lipinski definition) is 5. The first-order chi connectivity index (χ1) is 8.19. The van der Waals surface area contributed by atoms with E-state index in [0.29, 0.717) is 5.33 Å². The first-order valence-electron chi connectivity index (χ1n) is 5.51. The quantitative estimate of drug-likeness (QED) is 0.586. The van der Waals surface area contributed by atoms with E-state index in [-0.39, 0.29) is 6.42 Å². The molecule has 2 N–H and O–H groups in total. The summed E-state index contributed by atoms with van der Waals surface area (Å²) in [4.78, 5) is 23.0. The van der Waals surface area contributed by atoms with Crippen molar-refractivity contribution in [2.75, 3.05) is 12.4 Å². The van der Waals surface area contributed by atoms with Crippen molar-refractivity contribution in [2.24, 2.45) is 0 Å². The summed E-state index contributed by atoms with van der Waals surface area (Å²) in [5.74, 6) is -0.624. The molecule has 0 saturated heterocycles. The minimum atomic E-state index is -0.933. The highest BCUT2D eigenvalue weighted by atomic mass is 79.9. The first-order valence-corrected chi connectivity index (χ1v) is 6.63. The van der Waals surface area contributed by atoms with E-state index >= 15 is 0 Å². The molecule has 0 aliphatic heterocycles. The molecular formula is C11H20BrNO5. The Hall–Kier alpha value is -0.820. The molecule has 0 fully saturated rings. The summed E-state index contributed by atoms with van der Waals surface area (Å²) in [5.41, 5.74) is -0.654. The summed E-state index contributed by atoms with van der Waals surface area (Å²) in [6.07, 6.45) is -1.43. The van der Waals surface area contributed by atoms with Gasteiger partial charge in [0.15, 0.2) is 0 Å². The average Bonchev–Trinajstić information content (AvgIpc) is 2.24. The molecule has 7 heteroatoms. The number of hydrogen-bond donors (Lipinski definition) is 2. The number of carbonyl (C=O) groups excluding carboxylic acids is 2. The van der Waals surface area contributed by atoms with Crippen LogP contribution >= 0.6 is 15.9 Å². The molecule has 0 saturated carbocycles. The molecule has 0 bridgehead atoms. The fourth-order valence-corrected chi connectivity index (χ4v) is 1.41. The van der Waals surface area contributed by atoms with Gasteiger partial charge in [-0.05, 0) is 20.8 Å². The molecular weight excluding hydrogens is 306 g/mol. The van der Waals surface area contributed by atoms with Crippen molar-refractivity contribution in [3.63, 3.8) is 0 Å². The molecule has 0 aliphatic rings. The molecule has 0 radical (unpaired) electrons. The number of methoxy groups -OCH3 is 1. The Morgan fingerprint density at radius 3 is 2.33 bits per heavy atom. The lowest BCUT2D eigenvalue weighted by atomic mass is 10.1. The third kappa shape index (κ3) is 7.50. The Bertz CT molecular complexity index is 290. The van der Waals surface area contributed by atoms with Crippen LogP contribution in [0, 0.1) is 0 Å². The lowest BCUT2D eigenvalue weighted by molar-refractivity contribution is -0.143. The summed E-state index contributed by atoms with van der Waals surface area (Å²) in [5, 5.41) is 12.1. The van der Waals surface area contributed by atoms with Crippen LogP contribution in [0.5, 0.6) is 0 Å². The number of aliphatic hydroxyl groups excluding tert-OH is 1. The van der Waals surface area contributed by atoms with E-state index < -0.39 is 29.8 Å². The van der Waals surface area contributed by atoms with Gasteiger partial charge in [0.25, 0.3) is 0 Å². The van der Waals surface area contributed by atoms with Gasteiger partial charge < -0.3 is 19.9 Å². The molecule has 1 amide bonds. The Labute approximate surface area is 115 Å². The zero-order chi connectivity index (χ0) is 14.3. The number of nitrogens with one attached hydrogen (secondary N) is 1. The van der Waals surface area contributed by atoms with Crippen molar-refractivity contribution in [1.82, 2.24) is 5.32 Å². The van der Waals surface area contributed by atoms with Crippen molar-refractivity contribution >= 4 is 28.0 Å². The molecule has 0 aromatic heterocycles. The van der Waals surface area contributed by atoms with E-state index in [1.165, 1.54) is 7.11 Å². The minimum absolute atomic E-state index is 0.0527. The Balaban J connectivity index is 4.50. The lowest BCUT2D eigenvalue weighted by Crippen LogP contribution is -2.45. The second kappa shape index (κ2) is 7.58. The maximum Gasteiger partial charge on any atom is 0.408 e. The third-order valence-corrected chi connectivity index (χ3v) is 2.61. The predicted molar refractivity (Wildman–Crippen MR) is 69.6 cm³/mol. The topological polar surface area (TPSA) is 84.9 Å². The number of halogens is 1. The van der Waals surface area contributed by atoms with E-state index in [1.807, 2.05) is 0 Å². The number of ether oxygens (including phenoxy) is 2. The van der Waals surface area contributed by atoms with Crippen molar-refractivity contribution in [2.45, 2.75) is 44.9 Å². The van der Waals surface area contributed by atoms with Crippen LogP contribution in [0.25, 0.3) is 0 Å². The molecule has 6 nitrogen and oxygen atoms in total. The van der Waals surface area contributed by atoms with Gasteiger partial charge in [0, 0.05) is 11.8 Å². The van der Waals surface area contributed by atoms with E-state index in [9.17, 15) is 14.7 Å². The van der Waals surface area contributed by atoms with Gasteiger partial charge in [-0.25, -0.2) is 9.59 Å². The Morgan fingerprint density at radius 2 is 1.94 bits per heavy atom. The first kappa shape index (κ1) is 17.2. The van der Waals surface area contributed by atoms with Gasteiger partial charge in [0.1, 0.15) is 11.6 Å². The normalized spacial score (nSPS) is 14.6. The second-order valence-electron chi connectivity index (χ2n) is 4.77. The average molecular weight is 326 g/mol. The highest BCUT2D eigenvalue weighted by Crippen LogP contribution is 2.09. The van der Waals surface area contributed by atoms with Crippen molar-refractivity contribution < 1.29 is 24.2 Å². The summed E-state index contributed by atoms with van der Waals surface area (Å²) >= 11 is 3.08. The zero-order valence-electron chi connectivity index (χ0n) is 11.0. The maximum atomic E-state index is 11.5. The van der Waals surface area contributed by atoms with Crippen LogP contribution in [0.3, 0.4) is 0 Å². The number of alkyl carbamates (subject to hydrolysis) is 1. The number of alkyl halides is 1. The fraction of sp³-hybridized carbons (Fsp3) is 0.818. The SMILES string of the molecule is COC(=O)[C@H](CC(O)CBr)NC(=O)OC(C)(C)C. The van der Waals surface area contributed by atoms with Crippen molar-refractivity contribution in [3.05, 3.63) is 0 Å². The number of aliphatic hydroxyl groups is 1. The number of esters is 1. The molecule has 1 unspecified atom stereocenters. The summed E-state index contributed by atoms with van der Waals surface area (Å²) in [6.45, 7) is 5.15. The maximum absolute atomic E-state index is 11.5. The standard InChI is InChI=1S/C11H20BrNO5/c1-11(2,3)18-10(16)13-8(9(15)17-4)5-7(14)6-12/h7-8,14H,5-6H2,1-4H3,(H,13,16)/t7?,8-/m0/s1. The van der Waals surface area contributed by atoms with Gasteiger partial charge in [0.05, 0.1) is 13.2 Å². The van der Waals surface area contributed by atoms with Gasteiger partial charge >= 0.3 is 12.1 Å². The number of carbonyl (C=O) groups is 2. The van der Waals surface area contributed by atoms with Crippen LogP contribution in [-0.4, -0.2) is 47.4 Å². The minimum Gasteiger partial charge on any atom is -0.467 e. The van der Waals surface area contributed by atoms with E-state index in [2.05, 4.69) is 26.0 Å². The molecule has 106 valence electrons. The molecule has 0 aliphatic carbocycles. The van der Waals surface area contributed by atoms with Gasteiger partial charge in [-0.3, -0.25) is 0 Å². The van der Waals surface area contributed by atoms with Crippen LogP contribution in [0.2, 0.25) is 0 Å². The summed E-state index contributed by atoms with van der Waals surface area (Å²) in [7, 11) is 1.21. The van der Waals surface area contributed by atoms with Crippen LogP contribution < -0.4 is 5.32 Å². The molecule has 2 atom stereocenters. The number of amides is 1. The molecule has 0 spiro atoms. The van der Waals surface area contributed by atoms with Crippen LogP contribution in [0.4, 0.5) is 4.79 Å². The van der Waals surface area contributed by atoms with Crippen molar-refractivity contribution in [1.29, 1.82) is 0 Å². The fourth-order valence-electron chi connectivity index (χ4n) is 1.14. The summed E-state index contributed by atoms with van der Waals surface area (Å²) in [6, 6.07) is -0.933. The van der Waals surface area contributed by atoms with E-state index in [4.69, 9.17) is 4.74 Å². The van der Waals surface area contributed by atoms with Crippen molar-refractivity contribution in [3.8, 4) is 0 Å². The largest absolute Gasteiger partial charge is 0.467 e.